The van der Waals surface area contributed by atoms with Crippen LogP contribution < -0.4 is 10.6 Å². The van der Waals surface area contributed by atoms with Gasteiger partial charge in [-0.15, -0.1) is 10.2 Å². The smallest absolute Gasteiger partial charge is 0.444 e. The van der Waals surface area contributed by atoms with Gasteiger partial charge in [0, 0.05) is 44.1 Å². The number of hydrogen-bond donors (Lipinski definition) is 2. The van der Waals surface area contributed by atoms with Crippen LogP contribution in [-0.2, 0) is 35.3 Å². The molecule has 3 unspecified atom stereocenters. The van der Waals surface area contributed by atoms with Gasteiger partial charge >= 0.3 is 12.3 Å². The quantitative estimate of drug-likeness (QED) is 0.352. The molecule has 2 aliphatic rings. The summed E-state index contributed by atoms with van der Waals surface area (Å²) in [5.74, 6) is -4.29. The van der Waals surface area contributed by atoms with Crippen LogP contribution in [0.1, 0.15) is 73.9 Å². The van der Waals surface area contributed by atoms with Crippen LogP contribution in [0.2, 0.25) is 0 Å². The number of ether oxygens (including phenoxy) is 1. The van der Waals surface area contributed by atoms with Crippen LogP contribution in [0, 0.1) is 11.6 Å². The summed E-state index contributed by atoms with van der Waals surface area (Å²) < 4.78 is 75.3. The second-order valence-corrected chi connectivity index (χ2v) is 12.0. The second-order valence-electron chi connectivity index (χ2n) is 12.0. The number of halogens is 5. The molecule has 0 saturated heterocycles. The number of alkyl halides is 3. The van der Waals surface area contributed by atoms with Gasteiger partial charge in [0.2, 0.25) is 11.7 Å². The van der Waals surface area contributed by atoms with E-state index in [2.05, 4.69) is 20.8 Å². The molecule has 1 aliphatic heterocycles. The average Bonchev–Trinajstić information content (AvgIpc) is 3.52. The maximum atomic E-state index is 14.6. The number of alkyl carbamates (subject to hydrolysis) is 1. The van der Waals surface area contributed by atoms with Crippen LogP contribution >= 0.6 is 0 Å². The van der Waals surface area contributed by atoms with E-state index in [1.807, 2.05) is 30.3 Å². The molecule has 9 nitrogen and oxygen atoms in total. The van der Waals surface area contributed by atoms with Gasteiger partial charge in [0.25, 0.3) is 0 Å². The predicted octanol–water partition coefficient (Wildman–Crippen LogP) is 5.22. The fourth-order valence-electron chi connectivity index (χ4n) is 5.77. The molecular formula is C30H33F5N6O3. The molecular weight excluding hydrogens is 587 g/mol. The van der Waals surface area contributed by atoms with Crippen molar-refractivity contribution in [3.05, 3.63) is 82.4 Å². The summed E-state index contributed by atoms with van der Waals surface area (Å²) in [6, 6.07) is 10.4. The van der Waals surface area contributed by atoms with Crippen molar-refractivity contribution >= 4 is 12.0 Å². The highest BCUT2D eigenvalue weighted by atomic mass is 19.4. The Morgan fingerprint density at radius 2 is 1.70 bits per heavy atom. The summed E-state index contributed by atoms with van der Waals surface area (Å²) in [6.07, 6.45) is -5.45. The molecule has 0 bridgehead atoms. The van der Waals surface area contributed by atoms with Gasteiger partial charge in [-0.05, 0) is 56.0 Å². The Balaban J connectivity index is 1.40. The normalized spacial score (nSPS) is 18.9. The van der Waals surface area contributed by atoms with Gasteiger partial charge < -0.3 is 24.8 Å². The van der Waals surface area contributed by atoms with Gasteiger partial charge in [0.05, 0.1) is 6.54 Å². The Labute approximate surface area is 250 Å². The molecule has 3 aromatic rings. The number of hydrogen-bond acceptors (Lipinski definition) is 6. The maximum absolute atomic E-state index is 14.6. The summed E-state index contributed by atoms with van der Waals surface area (Å²) >= 11 is 0. The van der Waals surface area contributed by atoms with Gasteiger partial charge in [-0.1, -0.05) is 30.3 Å². The lowest BCUT2D eigenvalue weighted by Gasteiger charge is -2.32. The van der Waals surface area contributed by atoms with Gasteiger partial charge in [-0.25, -0.2) is 13.6 Å². The van der Waals surface area contributed by atoms with Crippen molar-refractivity contribution in [1.29, 1.82) is 0 Å². The van der Waals surface area contributed by atoms with E-state index in [0.29, 0.717) is 24.1 Å². The lowest BCUT2D eigenvalue weighted by Crippen LogP contribution is -2.46. The van der Waals surface area contributed by atoms with Crippen molar-refractivity contribution in [3.63, 3.8) is 0 Å². The summed E-state index contributed by atoms with van der Waals surface area (Å²) in [7, 11) is 0. The standard InChI is InChI=1S/C30H33F5N6O3/c1-29(2,3)44-28(43)37-24(14-26(42)40-9-10-41-25(16-40)38-39-27(41)30(33,34)35)20-13-23(36-15-17-7-5-4-6-8-17)19-12-22(32)21(31)11-18(19)20/h4-8,11-12,20,23-24,36H,9-10,13-16H2,1-3H3,(H,37,43). The first-order valence-electron chi connectivity index (χ1n) is 14.2. The molecule has 236 valence electrons. The summed E-state index contributed by atoms with van der Waals surface area (Å²) in [5.41, 5.74) is 1.08. The molecule has 2 amide bonds. The molecule has 2 heterocycles. The van der Waals surface area contributed by atoms with Crippen molar-refractivity contribution in [2.24, 2.45) is 0 Å². The van der Waals surface area contributed by atoms with E-state index in [4.69, 9.17) is 4.74 Å². The van der Waals surface area contributed by atoms with Crippen LogP contribution in [0.4, 0.5) is 26.7 Å². The molecule has 0 fully saturated rings. The highest BCUT2D eigenvalue weighted by molar-refractivity contribution is 5.78. The highest BCUT2D eigenvalue weighted by Gasteiger charge is 2.42. The largest absolute Gasteiger partial charge is 0.451 e. The molecule has 14 heteroatoms. The summed E-state index contributed by atoms with van der Waals surface area (Å²) in [5, 5.41) is 13.0. The van der Waals surface area contributed by atoms with E-state index >= 15 is 0 Å². The second kappa shape index (κ2) is 12.1. The molecule has 0 saturated carbocycles. The molecule has 1 aromatic heterocycles. The van der Waals surface area contributed by atoms with Crippen LogP contribution in [0.5, 0.6) is 0 Å². The Kier molecular flexibility index (Phi) is 8.65. The van der Waals surface area contributed by atoms with Gasteiger partial charge in [0.15, 0.2) is 17.5 Å². The number of amides is 2. The Morgan fingerprint density at radius 3 is 2.36 bits per heavy atom. The van der Waals surface area contributed by atoms with E-state index in [1.165, 1.54) is 4.90 Å². The number of aromatic nitrogens is 3. The molecule has 5 rings (SSSR count). The van der Waals surface area contributed by atoms with Crippen LogP contribution in [0.3, 0.4) is 0 Å². The highest BCUT2D eigenvalue weighted by Crippen LogP contribution is 2.44. The van der Waals surface area contributed by atoms with Crippen molar-refractivity contribution in [2.45, 2.75) is 83.0 Å². The number of benzene rings is 2. The monoisotopic (exact) mass is 620 g/mol. The maximum Gasteiger partial charge on any atom is 0.451 e. The molecule has 3 atom stereocenters. The third-order valence-electron chi connectivity index (χ3n) is 7.73. The number of carbonyl (C=O) groups is 2. The fraction of sp³-hybridized carbons (Fsp3) is 0.467. The van der Waals surface area contributed by atoms with E-state index in [-0.39, 0.29) is 31.9 Å². The molecule has 2 N–H and O–H groups in total. The minimum Gasteiger partial charge on any atom is -0.444 e. The van der Waals surface area contributed by atoms with Crippen molar-refractivity contribution in [3.8, 4) is 0 Å². The van der Waals surface area contributed by atoms with Crippen molar-refractivity contribution in [2.75, 3.05) is 6.54 Å². The molecule has 0 radical (unpaired) electrons. The zero-order chi connectivity index (χ0) is 31.8. The number of fused-ring (bicyclic) bond motifs is 2. The van der Waals surface area contributed by atoms with E-state index in [9.17, 15) is 31.5 Å². The summed E-state index contributed by atoms with van der Waals surface area (Å²) in [6.45, 7) is 5.08. The first-order chi connectivity index (χ1) is 20.7. The van der Waals surface area contributed by atoms with Crippen LogP contribution in [0.15, 0.2) is 42.5 Å². The summed E-state index contributed by atoms with van der Waals surface area (Å²) in [4.78, 5) is 27.9. The number of nitrogens with zero attached hydrogens (tertiary/aromatic N) is 4. The number of rotatable bonds is 7. The molecule has 0 spiro atoms. The molecule has 44 heavy (non-hydrogen) atoms. The predicted molar refractivity (Wildman–Crippen MR) is 148 cm³/mol. The zero-order valence-electron chi connectivity index (χ0n) is 24.4. The zero-order valence-corrected chi connectivity index (χ0v) is 24.4. The Morgan fingerprint density at radius 1 is 1.02 bits per heavy atom. The fourth-order valence-corrected chi connectivity index (χ4v) is 5.77. The van der Waals surface area contributed by atoms with E-state index in [1.54, 1.807) is 20.8 Å². The molecule has 2 aromatic carbocycles. The average molecular weight is 621 g/mol. The number of nitrogens with one attached hydrogen (secondary N) is 2. The SMILES string of the molecule is CC(C)(C)OC(=O)NC(CC(=O)N1CCn2c(nnc2C(F)(F)F)C1)C1CC(NCc2ccccc2)c2cc(F)c(F)cc21. The van der Waals surface area contributed by atoms with Crippen molar-refractivity contribution < 1.29 is 36.3 Å². The Hall–Kier alpha value is -4.07. The minimum atomic E-state index is -4.68. The number of carbonyl (C=O) groups excluding carboxylic acids is 2. The van der Waals surface area contributed by atoms with Crippen molar-refractivity contribution in [1.82, 2.24) is 30.3 Å². The van der Waals surface area contributed by atoms with Crippen LogP contribution in [-0.4, -0.2) is 49.9 Å². The Bertz CT molecular complexity index is 1520. The first kappa shape index (κ1) is 31.4. The lowest BCUT2D eigenvalue weighted by molar-refractivity contribution is -0.148. The minimum absolute atomic E-state index is 0.0116. The van der Waals surface area contributed by atoms with Gasteiger partial charge in [0.1, 0.15) is 5.60 Å². The molecule has 1 aliphatic carbocycles. The topological polar surface area (TPSA) is 101 Å². The van der Waals surface area contributed by atoms with E-state index in [0.717, 1.165) is 22.3 Å². The van der Waals surface area contributed by atoms with Gasteiger partial charge in [-0.3, -0.25) is 4.79 Å². The van der Waals surface area contributed by atoms with Crippen LogP contribution in [0.25, 0.3) is 0 Å². The lowest BCUT2D eigenvalue weighted by atomic mass is 9.90. The van der Waals surface area contributed by atoms with Gasteiger partial charge in [-0.2, -0.15) is 13.2 Å². The van der Waals surface area contributed by atoms with E-state index < -0.39 is 59.2 Å². The third kappa shape index (κ3) is 7.01. The third-order valence-corrected chi connectivity index (χ3v) is 7.73. The first-order valence-corrected chi connectivity index (χ1v) is 14.2.